The Morgan fingerprint density at radius 2 is 1.85 bits per heavy atom. The smallest absolute Gasteiger partial charge is 0.250 e. The fraction of sp³-hybridized carbons (Fsp3) is 0.188. The SMILES string of the molecule is Cc1cccc(CNc2cccc(NC(=O)CO)c2)c1. The zero-order chi connectivity index (χ0) is 14.4. The van der Waals surface area contributed by atoms with Crippen LogP contribution in [0, 0.1) is 6.92 Å². The molecule has 104 valence electrons. The molecule has 4 heteroatoms. The molecule has 0 aliphatic heterocycles. The number of hydrogen-bond acceptors (Lipinski definition) is 3. The lowest BCUT2D eigenvalue weighted by molar-refractivity contribution is -0.118. The van der Waals surface area contributed by atoms with Crippen molar-refractivity contribution in [3.8, 4) is 0 Å². The van der Waals surface area contributed by atoms with Crippen LogP contribution in [0.4, 0.5) is 11.4 Å². The molecule has 3 N–H and O–H groups in total. The lowest BCUT2D eigenvalue weighted by atomic mass is 10.1. The van der Waals surface area contributed by atoms with Gasteiger partial charge in [0.2, 0.25) is 5.91 Å². The summed E-state index contributed by atoms with van der Waals surface area (Å²) in [6, 6.07) is 15.7. The number of benzene rings is 2. The van der Waals surface area contributed by atoms with Gasteiger partial charge in [-0.1, -0.05) is 35.9 Å². The van der Waals surface area contributed by atoms with E-state index in [1.165, 1.54) is 11.1 Å². The molecule has 2 aromatic carbocycles. The molecule has 0 aliphatic rings. The Bertz CT molecular complexity index is 597. The number of nitrogens with one attached hydrogen (secondary N) is 2. The molecular weight excluding hydrogens is 252 g/mol. The summed E-state index contributed by atoms with van der Waals surface area (Å²) in [5.41, 5.74) is 4.02. The predicted molar refractivity (Wildman–Crippen MR) is 80.7 cm³/mol. The van der Waals surface area contributed by atoms with Gasteiger partial charge >= 0.3 is 0 Å². The molecule has 0 saturated heterocycles. The highest BCUT2D eigenvalue weighted by atomic mass is 16.3. The maximum atomic E-state index is 11.1. The van der Waals surface area contributed by atoms with Gasteiger partial charge in [0.05, 0.1) is 0 Å². The normalized spacial score (nSPS) is 10.1. The molecule has 2 aromatic rings. The van der Waals surface area contributed by atoms with E-state index in [1.807, 2.05) is 24.3 Å². The first-order valence-corrected chi connectivity index (χ1v) is 6.47. The zero-order valence-corrected chi connectivity index (χ0v) is 11.4. The lowest BCUT2D eigenvalue weighted by Gasteiger charge is -2.09. The van der Waals surface area contributed by atoms with Crippen LogP contribution in [0.25, 0.3) is 0 Å². The summed E-state index contributed by atoms with van der Waals surface area (Å²) in [5, 5.41) is 14.6. The van der Waals surface area contributed by atoms with E-state index < -0.39 is 12.5 Å². The van der Waals surface area contributed by atoms with Gasteiger partial charge in [-0.2, -0.15) is 0 Å². The molecule has 0 spiro atoms. The number of rotatable bonds is 5. The van der Waals surface area contributed by atoms with Gasteiger partial charge in [-0.15, -0.1) is 0 Å². The van der Waals surface area contributed by atoms with Crippen LogP contribution in [-0.4, -0.2) is 17.6 Å². The maximum Gasteiger partial charge on any atom is 0.250 e. The van der Waals surface area contributed by atoms with E-state index in [0.717, 1.165) is 12.2 Å². The van der Waals surface area contributed by atoms with Crippen LogP contribution >= 0.6 is 0 Å². The van der Waals surface area contributed by atoms with Gasteiger partial charge in [0.1, 0.15) is 6.61 Å². The Kier molecular flexibility index (Phi) is 4.74. The Hall–Kier alpha value is -2.33. The van der Waals surface area contributed by atoms with Gasteiger partial charge in [0.15, 0.2) is 0 Å². The van der Waals surface area contributed by atoms with Crippen LogP contribution in [0.2, 0.25) is 0 Å². The second-order valence-corrected chi connectivity index (χ2v) is 4.63. The van der Waals surface area contributed by atoms with E-state index in [-0.39, 0.29) is 0 Å². The summed E-state index contributed by atoms with van der Waals surface area (Å²) < 4.78 is 0. The quantitative estimate of drug-likeness (QED) is 0.782. The summed E-state index contributed by atoms with van der Waals surface area (Å²) in [6.45, 7) is 2.27. The van der Waals surface area contributed by atoms with Crippen LogP contribution < -0.4 is 10.6 Å². The van der Waals surface area contributed by atoms with Gasteiger partial charge in [-0.05, 0) is 30.7 Å². The lowest BCUT2D eigenvalue weighted by Crippen LogP contribution is -2.15. The Labute approximate surface area is 118 Å². The van der Waals surface area contributed by atoms with Crippen molar-refractivity contribution in [1.29, 1.82) is 0 Å². The minimum Gasteiger partial charge on any atom is -0.387 e. The first-order chi connectivity index (χ1) is 9.67. The Morgan fingerprint density at radius 3 is 2.60 bits per heavy atom. The second-order valence-electron chi connectivity index (χ2n) is 4.63. The number of hydrogen-bond donors (Lipinski definition) is 3. The van der Waals surface area contributed by atoms with Crippen molar-refractivity contribution < 1.29 is 9.90 Å². The molecule has 0 heterocycles. The van der Waals surface area contributed by atoms with Crippen molar-refractivity contribution in [1.82, 2.24) is 0 Å². The standard InChI is InChI=1S/C16H18N2O2/c1-12-4-2-5-13(8-12)10-17-14-6-3-7-15(9-14)18-16(20)11-19/h2-9,17,19H,10-11H2,1H3,(H,18,20). The number of aliphatic hydroxyl groups is 1. The monoisotopic (exact) mass is 270 g/mol. The summed E-state index contributed by atoms with van der Waals surface area (Å²) in [6.07, 6.45) is 0. The van der Waals surface area contributed by atoms with Crippen molar-refractivity contribution in [3.63, 3.8) is 0 Å². The van der Waals surface area contributed by atoms with Gasteiger partial charge in [0, 0.05) is 17.9 Å². The van der Waals surface area contributed by atoms with E-state index in [0.29, 0.717) is 5.69 Å². The van der Waals surface area contributed by atoms with Crippen molar-refractivity contribution in [2.45, 2.75) is 13.5 Å². The fourth-order valence-corrected chi connectivity index (χ4v) is 1.93. The van der Waals surface area contributed by atoms with E-state index in [1.54, 1.807) is 6.07 Å². The molecule has 0 radical (unpaired) electrons. The number of carbonyl (C=O) groups excluding carboxylic acids is 1. The highest BCUT2D eigenvalue weighted by Gasteiger charge is 2.01. The number of aliphatic hydroxyl groups excluding tert-OH is 1. The summed E-state index contributed by atoms with van der Waals surface area (Å²) in [5.74, 6) is -0.416. The number of amides is 1. The van der Waals surface area contributed by atoms with Crippen molar-refractivity contribution >= 4 is 17.3 Å². The minimum atomic E-state index is -0.513. The van der Waals surface area contributed by atoms with E-state index >= 15 is 0 Å². The molecule has 0 bridgehead atoms. The predicted octanol–water partition coefficient (Wildman–Crippen LogP) is 2.54. The van der Waals surface area contributed by atoms with Crippen LogP contribution in [0.15, 0.2) is 48.5 Å². The molecule has 0 fully saturated rings. The topological polar surface area (TPSA) is 61.4 Å². The molecule has 4 nitrogen and oxygen atoms in total. The maximum absolute atomic E-state index is 11.1. The van der Waals surface area contributed by atoms with Crippen LogP contribution in [-0.2, 0) is 11.3 Å². The van der Waals surface area contributed by atoms with Gasteiger partial charge in [-0.3, -0.25) is 4.79 Å². The summed E-state index contributed by atoms with van der Waals surface area (Å²) in [7, 11) is 0. The summed E-state index contributed by atoms with van der Waals surface area (Å²) >= 11 is 0. The molecule has 0 aromatic heterocycles. The van der Waals surface area contributed by atoms with Crippen LogP contribution in [0.5, 0.6) is 0 Å². The van der Waals surface area contributed by atoms with E-state index in [4.69, 9.17) is 5.11 Å². The number of anilines is 2. The minimum absolute atomic E-state index is 0.416. The number of aryl methyl sites for hydroxylation is 1. The average Bonchev–Trinajstić information content (AvgIpc) is 2.45. The average molecular weight is 270 g/mol. The number of carbonyl (C=O) groups is 1. The summed E-state index contributed by atoms with van der Waals surface area (Å²) in [4.78, 5) is 11.1. The van der Waals surface area contributed by atoms with Gasteiger partial charge < -0.3 is 15.7 Å². The largest absolute Gasteiger partial charge is 0.387 e. The Morgan fingerprint density at radius 1 is 1.10 bits per heavy atom. The molecule has 2 rings (SSSR count). The molecule has 0 unspecified atom stereocenters. The van der Waals surface area contributed by atoms with Crippen molar-refractivity contribution in [3.05, 3.63) is 59.7 Å². The molecule has 0 aliphatic carbocycles. The third kappa shape index (κ3) is 4.10. The molecular formula is C16H18N2O2. The molecule has 1 amide bonds. The van der Waals surface area contributed by atoms with Crippen molar-refractivity contribution in [2.24, 2.45) is 0 Å². The third-order valence-corrected chi connectivity index (χ3v) is 2.87. The van der Waals surface area contributed by atoms with Gasteiger partial charge in [0.25, 0.3) is 0 Å². The fourth-order valence-electron chi connectivity index (χ4n) is 1.93. The van der Waals surface area contributed by atoms with Crippen LogP contribution in [0.1, 0.15) is 11.1 Å². The second kappa shape index (κ2) is 6.73. The van der Waals surface area contributed by atoms with Gasteiger partial charge in [-0.25, -0.2) is 0 Å². The third-order valence-electron chi connectivity index (χ3n) is 2.87. The zero-order valence-electron chi connectivity index (χ0n) is 11.4. The van der Waals surface area contributed by atoms with E-state index in [9.17, 15) is 4.79 Å². The Balaban J connectivity index is 1.99. The van der Waals surface area contributed by atoms with Crippen LogP contribution in [0.3, 0.4) is 0 Å². The van der Waals surface area contributed by atoms with E-state index in [2.05, 4.69) is 35.8 Å². The first kappa shape index (κ1) is 14.1. The highest BCUT2D eigenvalue weighted by Crippen LogP contribution is 2.16. The molecule has 0 atom stereocenters. The molecule has 0 saturated carbocycles. The van der Waals surface area contributed by atoms with Crippen molar-refractivity contribution in [2.75, 3.05) is 17.2 Å². The highest BCUT2D eigenvalue weighted by molar-refractivity contribution is 5.91. The first-order valence-electron chi connectivity index (χ1n) is 6.47. The molecule has 20 heavy (non-hydrogen) atoms.